The standard InChI is InChI=1S/C26H25BrN4O2S/c1-3-32-25-15-22(11-14-24(25)33-17-20-7-5-4-6-8-20)16-28-31-19(2)29-30-26(31)34-18-21-9-12-23(27)13-10-21/h4-16H,3,17-18H2,1-2H3/b28-16+. The van der Waals surface area contributed by atoms with Crippen LogP contribution in [0.3, 0.4) is 0 Å². The summed E-state index contributed by atoms with van der Waals surface area (Å²) in [5, 5.41) is 13.8. The average molecular weight is 537 g/mol. The van der Waals surface area contributed by atoms with E-state index in [2.05, 4.69) is 43.4 Å². The summed E-state index contributed by atoms with van der Waals surface area (Å²) in [5.74, 6) is 2.90. The van der Waals surface area contributed by atoms with Crippen molar-refractivity contribution in [2.24, 2.45) is 5.10 Å². The Morgan fingerprint density at radius 2 is 1.74 bits per heavy atom. The molecule has 6 nitrogen and oxygen atoms in total. The maximum atomic E-state index is 6.00. The summed E-state index contributed by atoms with van der Waals surface area (Å²) in [5.41, 5.74) is 3.20. The quantitative estimate of drug-likeness (QED) is 0.171. The van der Waals surface area contributed by atoms with E-state index < -0.39 is 0 Å². The summed E-state index contributed by atoms with van der Waals surface area (Å²) in [6.07, 6.45) is 1.78. The van der Waals surface area contributed by atoms with Crippen molar-refractivity contribution in [1.82, 2.24) is 14.9 Å². The third-order valence-electron chi connectivity index (χ3n) is 4.88. The molecular weight excluding hydrogens is 512 g/mol. The molecule has 0 spiro atoms. The predicted octanol–water partition coefficient (Wildman–Crippen LogP) is 6.50. The first-order valence-corrected chi connectivity index (χ1v) is 12.7. The zero-order chi connectivity index (χ0) is 23.8. The minimum atomic E-state index is 0.479. The Labute approximate surface area is 212 Å². The second kappa shape index (κ2) is 11.9. The van der Waals surface area contributed by atoms with Crippen LogP contribution in [0, 0.1) is 6.92 Å². The van der Waals surface area contributed by atoms with Gasteiger partial charge < -0.3 is 9.47 Å². The maximum absolute atomic E-state index is 6.00. The number of halogens is 1. The molecule has 1 heterocycles. The van der Waals surface area contributed by atoms with Crippen molar-refractivity contribution in [2.75, 3.05) is 6.61 Å². The molecule has 0 saturated heterocycles. The lowest BCUT2D eigenvalue weighted by atomic mass is 10.2. The first-order valence-electron chi connectivity index (χ1n) is 10.9. The van der Waals surface area contributed by atoms with Crippen LogP contribution in [0.1, 0.15) is 29.4 Å². The summed E-state index contributed by atoms with van der Waals surface area (Å²) in [6.45, 7) is 4.87. The topological polar surface area (TPSA) is 61.5 Å². The summed E-state index contributed by atoms with van der Waals surface area (Å²) in [6, 6.07) is 24.1. The molecule has 0 radical (unpaired) electrons. The SMILES string of the molecule is CCOc1cc(/C=N/n2c(C)nnc2SCc2ccc(Br)cc2)ccc1OCc1ccccc1. The Balaban J connectivity index is 1.47. The van der Waals surface area contributed by atoms with Gasteiger partial charge in [0.05, 0.1) is 12.8 Å². The van der Waals surface area contributed by atoms with Crippen LogP contribution < -0.4 is 9.47 Å². The first-order chi connectivity index (χ1) is 16.6. The highest BCUT2D eigenvalue weighted by Gasteiger charge is 2.10. The van der Waals surface area contributed by atoms with Crippen LogP contribution in [0.15, 0.2) is 87.5 Å². The highest BCUT2D eigenvalue weighted by molar-refractivity contribution is 9.10. The van der Waals surface area contributed by atoms with Crippen LogP contribution >= 0.6 is 27.7 Å². The van der Waals surface area contributed by atoms with Crippen LogP contribution in [-0.4, -0.2) is 27.7 Å². The zero-order valence-electron chi connectivity index (χ0n) is 19.0. The van der Waals surface area contributed by atoms with Gasteiger partial charge in [0.15, 0.2) is 17.3 Å². The van der Waals surface area contributed by atoms with Gasteiger partial charge in [-0.15, -0.1) is 10.2 Å². The summed E-state index contributed by atoms with van der Waals surface area (Å²) in [4.78, 5) is 0. The fraction of sp³-hybridized carbons (Fsp3) is 0.192. The van der Waals surface area contributed by atoms with E-state index in [0.717, 1.165) is 32.3 Å². The number of hydrogen-bond donors (Lipinski definition) is 0. The molecule has 0 fully saturated rings. The number of benzene rings is 3. The fourth-order valence-corrected chi connectivity index (χ4v) is 4.29. The molecule has 4 rings (SSSR count). The molecule has 4 aromatic rings. The van der Waals surface area contributed by atoms with Gasteiger partial charge in [-0.2, -0.15) is 9.78 Å². The first kappa shape index (κ1) is 24.0. The molecular formula is C26H25BrN4O2S. The molecule has 0 N–H and O–H groups in total. The van der Waals surface area contributed by atoms with Crippen molar-refractivity contribution in [3.05, 3.63) is 99.8 Å². The molecule has 1 aromatic heterocycles. The Hall–Kier alpha value is -3.10. The fourth-order valence-electron chi connectivity index (χ4n) is 3.14. The van der Waals surface area contributed by atoms with Crippen LogP contribution in [0.25, 0.3) is 0 Å². The number of nitrogens with zero attached hydrogens (tertiary/aromatic N) is 4. The summed E-state index contributed by atoms with van der Waals surface area (Å²) in [7, 11) is 0. The lowest BCUT2D eigenvalue weighted by Crippen LogP contribution is -2.01. The summed E-state index contributed by atoms with van der Waals surface area (Å²) >= 11 is 5.06. The van der Waals surface area contributed by atoms with E-state index >= 15 is 0 Å². The molecule has 174 valence electrons. The van der Waals surface area contributed by atoms with Crippen molar-refractivity contribution in [2.45, 2.75) is 31.4 Å². The third-order valence-corrected chi connectivity index (χ3v) is 6.40. The predicted molar refractivity (Wildman–Crippen MR) is 140 cm³/mol. The van der Waals surface area contributed by atoms with Crippen molar-refractivity contribution >= 4 is 33.9 Å². The zero-order valence-corrected chi connectivity index (χ0v) is 21.4. The highest BCUT2D eigenvalue weighted by Crippen LogP contribution is 2.29. The number of thioether (sulfide) groups is 1. The van der Waals surface area contributed by atoms with E-state index in [4.69, 9.17) is 9.47 Å². The smallest absolute Gasteiger partial charge is 0.212 e. The summed E-state index contributed by atoms with van der Waals surface area (Å²) < 4.78 is 14.6. The van der Waals surface area contributed by atoms with Gasteiger partial charge >= 0.3 is 0 Å². The van der Waals surface area contributed by atoms with E-state index in [1.807, 2.05) is 74.5 Å². The molecule has 0 aliphatic rings. The largest absolute Gasteiger partial charge is 0.490 e. The Kier molecular flexibility index (Phi) is 8.38. The number of ether oxygens (including phenoxy) is 2. The Morgan fingerprint density at radius 3 is 2.50 bits per heavy atom. The van der Waals surface area contributed by atoms with Gasteiger partial charge in [0, 0.05) is 10.2 Å². The van der Waals surface area contributed by atoms with Crippen LogP contribution in [0.4, 0.5) is 0 Å². The molecule has 0 unspecified atom stereocenters. The maximum Gasteiger partial charge on any atom is 0.212 e. The highest BCUT2D eigenvalue weighted by atomic mass is 79.9. The second-order valence-corrected chi connectivity index (χ2v) is 9.27. The van der Waals surface area contributed by atoms with Crippen molar-refractivity contribution < 1.29 is 9.47 Å². The average Bonchev–Trinajstić information content (AvgIpc) is 3.21. The Morgan fingerprint density at radius 1 is 0.941 bits per heavy atom. The van der Waals surface area contributed by atoms with Gasteiger partial charge in [-0.05, 0) is 60.9 Å². The van der Waals surface area contributed by atoms with E-state index in [9.17, 15) is 0 Å². The molecule has 0 amide bonds. The number of hydrogen-bond acceptors (Lipinski definition) is 6. The molecule has 8 heteroatoms. The molecule has 0 aliphatic carbocycles. The lowest BCUT2D eigenvalue weighted by Gasteiger charge is -2.12. The van der Waals surface area contributed by atoms with Crippen LogP contribution in [0.2, 0.25) is 0 Å². The van der Waals surface area contributed by atoms with E-state index in [1.165, 1.54) is 5.56 Å². The normalized spacial score (nSPS) is 11.1. The van der Waals surface area contributed by atoms with E-state index in [0.29, 0.717) is 24.7 Å². The van der Waals surface area contributed by atoms with Gasteiger partial charge in [-0.25, -0.2) is 0 Å². The van der Waals surface area contributed by atoms with Gasteiger partial charge in [0.2, 0.25) is 5.16 Å². The van der Waals surface area contributed by atoms with Gasteiger partial charge in [-0.1, -0.05) is 70.2 Å². The minimum Gasteiger partial charge on any atom is -0.490 e. The third kappa shape index (κ3) is 6.48. The van der Waals surface area contributed by atoms with Crippen molar-refractivity contribution in [3.8, 4) is 11.5 Å². The van der Waals surface area contributed by atoms with Crippen molar-refractivity contribution in [3.63, 3.8) is 0 Å². The molecule has 0 saturated carbocycles. The number of aromatic nitrogens is 3. The van der Waals surface area contributed by atoms with Crippen LogP contribution in [-0.2, 0) is 12.4 Å². The van der Waals surface area contributed by atoms with E-state index in [1.54, 1.807) is 22.7 Å². The molecule has 0 aliphatic heterocycles. The molecule has 0 bridgehead atoms. The molecule has 0 atom stereocenters. The number of rotatable bonds is 10. The second-order valence-electron chi connectivity index (χ2n) is 7.41. The van der Waals surface area contributed by atoms with Gasteiger partial charge in [-0.3, -0.25) is 0 Å². The van der Waals surface area contributed by atoms with Gasteiger partial charge in [0.1, 0.15) is 6.61 Å². The number of aryl methyl sites for hydroxylation is 1. The van der Waals surface area contributed by atoms with Crippen molar-refractivity contribution in [1.29, 1.82) is 0 Å². The molecule has 3 aromatic carbocycles. The van der Waals surface area contributed by atoms with Gasteiger partial charge in [0.25, 0.3) is 0 Å². The monoisotopic (exact) mass is 536 g/mol. The minimum absolute atomic E-state index is 0.479. The Bertz CT molecular complexity index is 1240. The van der Waals surface area contributed by atoms with Crippen LogP contribution in [0.5, 0.6) is 11.5 Å². The lowest BCUT2D eigenvalue weighted by molar-refractivity contribution is 0.269. The van der Waals surface area contributed by atoms with E-state index in [-0.39, 0.29) is 0 Å². The molecule has 34 heavy (non-hydrogen) atoms.